The molecule has 0 atom stereocenters. The molecule has 5 heavy (non-hydrogen) atoms. The van der Waals surface area contributed by atoms with Crippen LogP contribution in [0.5, 0.6) is 0 Å². The SMILES string of the molecule is [Au].[Cl-].[Cl-].[Cl-].[Cl-].[H+]. The molecule has 0 aliphatic carbocycles. The third kappa shape index (κ3) is 24.9. The van der Waals surface area contributed by atoms with Crippen LogP contribution >= 0.6 is 0 Å². The summed E-state index contributed by atoms with van der Waals surface area (Å²) in [5, 5.41) is 0. The van der Waals surface area contributed by atoms with Crippen molar-refractivity contribution in [3.05, 3.63) is 0 Å². The van der Waals surface area contributed by atoms with Crippen LogP contribution in [0.4, 0.5) is 0 Å². The van der Waals surface area contributed by atoms with Gasteiger partial charge in [-0.15, -0.1) is 0 Å². The van der Waals surface area contributed by atoms with Crippen molar-refractivity contribution >= 4 is 0 Å². The van der Waals surface area contributed by atoms with Gasteiger partial charge in [0.25, 0.3) is 0 Å². The molecule has 0 aromatic heterocycles. The van der Waals surface area contributed by atoms with Crippen LogP contribution < -0.4 is 49.6 Å². The standard InChI is InChI=1S/Au.4ClH/h;4*1H/p-3. The molecule has 1 radical (unpaired) electrons. The summed E-state index contributed by atoms with van der Waals surface area (Å²) >= 11 is 0. The van der Waals surface area contributed by atoms with E-state index in [-0.39, 0.29) is 73.4 Å². The zero-order valence-corrected chi connectivity index (χ0v) is 7.00. The van der Waals surface area contributed by atoms with Crippen LogP contribution in [-0.4, -0.2) is 0 Å². The summed E-state index contributed by atoms with van der Waals surface area (Å²) in [4.78, 5) is 0. The Balaban J connectivity index is 0. The van der Waals surface area contributed by atoms with Crippen LogP contribution in [0, 0.1) is 0 Å². The van der Waals surface area contributed by atoms with Gasteiger partial charge in [0.15, 0.2) is 0 Å². The van der Waals surface area contributed by atoms with Gasteiger partial charge in [-0.05, 0) is 0 Å². The van der Waals surface area contributed by atoms with Crippen LogP contribution in [0.15, 0.2) is 0 Å². The minimum atomic E-state index is 0. The van der Waals surface area contributed by atoms with Crippen LogP contribution in [0.3, 0.4) is 0 Å². The second-order valence-corrected chi connectivity index (χ2v) is 0. The summed E-state index contributed by atoms with van der Waals surface area (Å²) in [6, 6.07) is 0. The number of rotatable bonds is 0. The van der Waals surface area contributed by atoms with Gasteiger partial charge in [0.2, 0.25) is 0 Å². The van der Waals surface area contributed by atoms with Crippen LogP contribution in [0.25, 0.3) is 0 Å². The number of hydrogen-bond acceptors (Lipinski definition) is 0. The summed E-state index contributed by atoms with van der Waals surface area (Å²) in [5.41, 5.74) is 0. The monoisotopic (exact) mass is 338 g/mol. The van der Waals surface area contributed by atoms with Crippen LogP contribution in [0.2, 0.25) is 0 Å². The van der Waals surface area contributed by atoms with E-state index < -0.39 is 0 Å². The Kier molecular flexibility index (Phi) is 522. The van der Waals surface area contributed by atoms with Crippen molar-refractivity contribution in [1.82, 2.24) is 0 Å². The molecule has 0 N–H and O–H groups in total. The Hall–Kier alpha value is 1.90. The largest absolute Gasteiger partial charge is 1.00 e. The van der Waals surface area contributed by atoms with Gasteiger partial charge < -0.3 is 49.6 Å². The first-order valence-corrected chi connectivity index (χ1v) is 0. The maximum atomic E-state index is 0. The van der Waals surface area contributed by atoms with Gasteiger partial charge in [-0.1, -0.05) is 0 Å². The molecule has 0 aromatic carbocycles. The molecule has 0 aliphatic heterocycles. The molecule has 43 valence electrons. The fourth-order valence-corrected chi connectivity index (χ4v) is 0. The molecule has 0 saturated heterocycles. The molecule has 0 aliphatic rings. The molecule has 0 fully saturated rings. The summed E-state index contributed by atoms with van der Waals surface area (Å²) in [6.45, 7) is 0. The zero-order chi connectivity index (χ0) is 0. The number of halogens is 4. The van der Waals surface area contributed by atoms with Crippen molar-refractivity contribution in [1.29, 1.82) is 0 Å². The van der Waals surface area contributed by atoms with E-state index in [0.717, 1.165) is 0 Å². The smallest absolute Gasteiger partial charge is 1.00 e. The van der Waals surface area contributed by atoms with E-state index in [4.69, 9.17) is 0 Å². The molecule has 0 unspecified atom stereocenters. The maximum Gasteiger partial charge on any atom is 1.00 e. The van der Waals surface area contributed by atoms with E-state index in [9.17, 15) is 0 Å². The van der Waals surface area contributed by atoms with Crippen LogP contribution in [-0.2, 0) is 22.4 Å². The Morgan fingerprint density at radius 2 is 0.600 bits per heavy atom. The van der Waals surface area contributed by atoms with Crippen molar-refractivity contribution in [2.24, 2.45) is 0 Å². The van der Waals surface area contributed by atoms with E-state index in [1.165, 1.54) is 0 Å². The Morgan fingerprint density at radius 3 is 0.600 bits per heavy atom. The molecule has 0 rings (SSSR count). The first kappa shape index (κ1) is 66.5. The average molecular weight is 340 g/mol. The Morgan fingerprint density at radius 1 is 0.600 bits per heavy atom. The molecule has 5 heteroatoms. The second kappa shape index (κ2) is 39.2. The van der Waals surface area contributed by atoms with Gasteiger partial charge in [-0.2, -0.15) is 0 Å². The molecule has 0 spiro atoms. The second-order valence-electron chi connectivity index (χ2n) is 0. The average Bonchev–Trinajstić information content (AvgIpc) is 0. The first-order chi connectivity index (χ1) is 0. The van der Waals surface area contributed by atoms with Gasteiger partial charge in [0, 0.05) is 22.4 Å². The van der Waals surface area contributed by atoms with E-state index in [1.54, 1.807) is 0 Å². The molecular formula is HAuCl4-3. The molecule has 0 amide bonds. The van der Waals surface area contributed by atoms with Crippen LogP contribution in [0.1, 0.15) is 1.43 Å². The minimum Gasteiger partial charge on any atom is -1.00 e. The Bertz CT molecular complexity index is 7.51. The van der Waals surface area contributed by atoms with E-state index in [2.05, 4.69) is 0 Å². The first-order valence-electron chi connectivity index (χ1n) is 0. The summed E-state index contributed by atoms with van der Waals surface area (Å²) in [6.07, 6.45) is 0. The molecule has 0 bridgehead atoms. The van der Waals surface area contributed by atoms with Gasteiger partial charge in [0.1, 0.15) is 0 Å². The van der Waals surface area contributed by atoms with E-state index in [1.807, 2.05) is 0 Å². The van der Waals surface area contributed by atoms with Crippen molar-refractivity contribution in [2.45, 2.75) is 0 Å². The number of hydrogen-bond donors (Lipinski definition) is 0. The summed E-state index contributed by atoms with van der Waals surface area (Å²) in [5.74, 6) is 0. The fraction of sp³-hybridized carbons (Fsp3) is 0. The summed E-state index contributed by atoms with van der Waals surface area (Å²) in [7, 11) is 0. The van der Waals surface area contributed by atoms with Crippen molar-refractivity contribution in [2.75, 3.05) is 0 Å². The van der Waals surface area contributed by atoms with Crippen molar-refractivity contribution in [3.63, 3.8) is 0 Å². The molecular weight excluding hydrogens is 339 g/mol. The van der Waals surface area contributed by atoms with E-state index in [0.29, 0.717) is 0 Å². The molecule has 0 nitrogen and oxygen atoms in total. The molecule has 0 heterocycles. The topological polar surface area (TPSA) is 0 Å². The fourth-order valence-electron chi connectivity index (χ4n) is 0. The quantitative estimate of drug-likeness (QED) is 0.385. The normalized spacial score (nSPS) is 0. The van der Waals surface area contributed by atoms with Crippen molar-refractivity contribution < 1.29 is 73.4 Å². The minimum absolute atomic E-state index is 0. The van der Waals surface area contributed by atoms with E-state index >= 15 is 0 Å². The van der Waals surface area contributed by atoms with Gasteiger partial charge in [-0.3, -0.25) is 0 Å². The molecule has 0 aromatic rings. The van der Waals surface area contributed by atoms with Gasteiger partial charge >= 0.3 is 1.43 Å². The summed E-state index contributed by atoms with van der Waals surface area (Å²) < 4.78 is 0. The maximum absolute atomic E-state index is 0. The molecule has 0 saturated carbocycles. The van der Waals surface area contributed by atoms with Gasteiger partial charge in [-0.25, -0.2) is 0 Å². The third-order valence-corrected chi connectivity index (χ3v) is 0. The van der Waals surface area contributed by atoms with Gasteiger partial charge in [0.05, 0.1) is 0 Å². The predicted octanol–water partition coefficient (Wildman–Crippen LogP) is -11.9. The van der Waals surface area contributed by atoms with Crippen molar-refractivity contribution in [3.8, 4) is 0 Å². The zero-order valence-electron chi connectivity index (χ0n) is 2.81. The Labute approximate surface area is 73.1 Å². The predicted molar refractivity (Wildman–Crippen MR) is 1.11 cm³/mol. The third-order valence-electron chi connectivity index (χ3n) is 0.